The van der Waals surface area contributed by atoms with Crippen LogP contribution in [0.5, 0.6) is 0 Å². The Kier molecular flexibility index (Phi) is 6.71. The van der Waals surface area contributed by atoms with Crippen LogP contribution in [-0.2, 0) is 11.3 Å². The molecule has 0 bridgehead atoms. The van der Waals surface area contributed by atoms with Crippen molar-refractivity contribution in [3.8, 4) is 0 Å². The molecule has 9 heteroatoms. The number of carbonyl (C=O) groups excluding carboxylic acids is 1. The second-order valence-electron chi connectivity index (χ2n) is 7.48. The van der Waals surface area contributed by atoms with Crippen molar-refractivity contribution in [2.45, 2.75) is 56.6 Å². The fourth-order valence-electron chi connectivity index (χ4n) is 2.48. The van der Waals surface area contributed by atoms with Gasteiger partial charge < -0.3 is 9.64 Å². The van der Waals surface area contributed by atoms with Crippen molar-refractivity contribution in [1.29, 1.82) is 0 Å². The fraction of sp³-hybridized carbons (Fsp3) is 0.474. The Labute approximate surface area is 169 Å². The highest BCUT2D eigenvalue weighted by molar-refractivity contribution is 7.99. The van der Waals surface area contributed by atoms with Crippen LogP contribution < -0.4 is 0 Å². The maximum Gasteiger partial charge on any atom is 0.410 e. The van der Waals surface area contributed by atoms with Crippen LogP contribution in [0, 0.1) is 24.0 Å². The van der Waals surface area contributed by atoms with E-state index in [9.17, 15) is 14.9 Å². The molecule has 0 radical (unpaired) electrons. The summed E-state index contributed by atoms with van der Waals surface area (Å²) in [7, 11) is 1.70. The molecular formula is C19H26N4O4S. The van der Waals surface area contributed by atoms with Crippen LogP contribution in [0.4, 0.5) is 10.5 Å². The highest BCUT2D eigenvalue weighted by atomic mass is 32.2. The van der Waals surface area contributed by atoms with Crippen molar-refractivity contribution >= 4 is 23.5 Å². The lowest BCUT2D eigenvalue weighted by molar-refractivity contribution is -0.384. The Morgan fingerprint density at radius 1 is 1.29 bits per heavy atom. The quantitative estimate of drug-likeness (QED) is 0.521. The summed E-state index contributed by atoms with van der Waals surface area (Å²) >= 11 is 1.52. The number of hydrogen-bond acceptors (Lipinski definition) is 6. The maximum atomic E-state index is 12.1. The molecule has 0 N–H and O–H groups in total. The molecule has 0 aliphatic rings. The van der Waals surface area contributed by atoms with Crippen molar-refractivity contribution in [2.24, 2.45) is 0 Å². The predicted octanol–water partition coefficient (Wildman–Crippen LogP) is 4.43. The Hall–Kier alpha value is -2.55. The molecule has 152 valence electrons. The van der Waals surface area contributed by atoms with Crippen molar-refractivity contribution in [2.75, 3.05) is 13.6 Å². The van der Waals surface area contributed by atoms with Crippen LogP contribution >= 0.6 is 11.8 Å². The number of nitro groups is 1. The minimum Gasteiger partial charge on any atom is -0.444 e. The van der Waals surface area contributed by atoms with Crippen LogP contribution in [0.1, 0.15) is 32.2 Å². The first kappa shape index (κ1) is 21.7. The van der Waals surface area contributed by atoms with Gasteiger partial charge in [0.15, 0.2) is 0 Å². The normalized spacial score (nSPS) is 11.4. The van der Waals surface area contributed by atoms with Gasteiger partial charge in [-0.25, -0.2) is 4.79 Å². The van der Waals surface area contributed by atoms with Crippen LogP contribution in [0.3, 0.4) is 0 Å². The lowest BCUT2D eigenvalue weighted by Crippen LogP contribution is -2.36. The van der Waals surface area contributed by atoms with Gasteiger partial charge in [-0.1, -0.05) is 11.8 Å². The summed E-state index contributed by atoms with van der Waals surface area (Å²) in [6.45, 7) is 10.4. The number of ether oxygens (including phenoxy) is 1. The summed E-state index contributed by atoms with van der Waals surface area (Å²) < 4.78 is 7.22. The highest BCUT2D eigenvalue weighted by Crippen LogP contribution is 2.33. The maximum absolute atomic E-state index is 12.1. The number of likely N-dealkylation sites (N-methyl/N-ethyl adjacent to an activating group) is 1. The highest BCUT2D eigenvalue weighted by Gasteiger charge is 2.20. The Morgan fingerprint density at radius 2 is 1.89 bits per heavy atom. The van der Waals surface area contributed by atoms with Gasteiger partial charge in [-0.3, -0.25) is 14.8 Å². The molecule has 0 fully saturated rings. The Morgan fingerprint density at radius 3 is 2.43 bits per heavy atom. The van der Waals surface area contributed by atoms with E-state index in [1.54, 1.807) is 19.2 Å². The van der Waals surface area contributed by atoms with Crippen molar-refractivity contribution < 1.29 is 14.5 Å². The van der Waals surface area contributed by atoms with Crippen LogP contribution in [0.2, 0.25) is 0 Å². The van der Waals surface area contributed by atoms with Crippen LogP contribution in [-0.4, -0.2) is 44.9 Å². The van der Waals surface area contributed by atoms with Gasteiger partial charge in [0, 0.05) is 36.3 Å². The van der Waals surface area contributed by atoms with E-state index in [0.717, 1.165) is 21.2 Å². The number of aromatic nitrogens is 2. The number of hydrogen-bond donors (Lipinski definition) is 0. The fourth-order valence-corrected chi connectivity index (χ4v) is 3.42. The molecule has 28 heavy (non-hydrogen) atoms. The molecule has 0 aliphatic heterocycles. The molecule has 1 aromatic carbocycles. The molecule has 0 saturated carbocycles. The smallest absolute Gasteiger partial charge is 0.410 e. The van der Waals surface area contributed by atoms with Crippen molar-refractivity contribution in [1.82, 2.24) is 14.7 Å². The van der Waals surface area contributed by atoms with Gasteiger partial charge >= 0.3 is 6.09 Å². The third-order valence-electron chi connectivity index (χ3n) is 3.93. The summed E-state index contributed by atoms with van der Waals surface area (Å²) in [5, 5.41) is 15.3. The summed E-state index contributed by atoms with van der Waals surface area (Å²) in [6.07, 6.45) is -0.366. The molecule has 1 amide bonds. The zero-order valence-electron chi connectivity index (χ0n) is 17.1. The van der Waals surface area contributed by atoms with Crippen molar-refractivity contribution in [3.63, 3.8) is 0 Å². The zero-order chi connectivity index (χ0) is 21.1. The number of non-ortho nitro benzene ring substituents is 1. The summed E-state index contributed by atoms with van der Waals surface area (Å²) in [5.41, 5.74) is 1.40. The van der Waals surface area contributed by atoms with E-state index in [-0.39, 0.29) is 11.8 Å². The van der Waals surface area contributed by atoms with E-state index in [0.29, 0.717) is 13.1 Å². The molecule has 0 unspecified atom stereocenters. The van der Waals surface area contributed by atoms with Gasteiger partial charge in [-0.2, -0.15) is 5.10 Å². The minimum absolute atomic E-state index is 0.0682. The number of nitro benzene ring substituents is 1. The summed E-state index contributed by atoms with van der Waals surface area (Å²) in [6, 6.07) is 6.45. The number of benzene rings is 1. The minimum atomic E-state index is -0.530. The Balaban J connectivity index is 2.05. The molecule has 0 spiro atoms. The standard InChI is InChI=1S/C19H26N4O4S/c1-13-17(28-16-9-7-15(8-10-16)23(25)26)14(2)22(20-13)12-11-21(6)18(24)27-19(3,4)5/h7-10H,11-12H2,1-6H3. The first-order valence-corrected chi connectivity index (χ1v) is 9.70. The topological polar surface area (TPSA) is 90.5 Å². The second-order valence-corrected chi connectivity index (χ2v) is 8.56. The largest absolute Gasteiger partial charge is 0.444 e. The van der Waals surface area contributed by atoms with Gasteiger partial charge in [0.1, 0.15) is 5.60 Å². The first-order valence-electron chi connectivity index (χ1n) is 8.88. The summed E-state index contributed by atoms with van der Waals surface area (Å²) in [4.78, 5) is 25.9. The predicted molar refractivity (Wildman–Crippen MR) is 108 cm³/mol. The molecular weight excluding hydrogens is 380 g/mol. The van der Waals surface area contributed by atoms with Gasteiger partial charge in [0.05, 0.1) is 22.1 Å². The van der Waals surface area contributed by atoms with Gasteiger partial charge in [0.25, 0.3) is 5.69 Å². The number of amides is 1. The third-order valence-corrected chi connectivity index (χ3v) is 5.24. The second kappa shape index (κ2) is 8.64. The molecule has 0 aliphatic carbocycles. The van der Waals surface area contributed by atoms with E-state index in [2.05, 4.69) is 5.10 Å². The molecule has 0 atom stereocenters. The van der Waals surface area contributed by atoms with Crippen molar-refractivity contribution in [3.05, 3.63) is 45.8 Å². The third kappa shape index (κ3) is 5.72. The van der Waals surface area contributed by atoms with Gasteiger partial charge in [-0.05, 0) is 46.8 Å². The van der Waals surface area contributed by atoms with E-state index in [1.807, 2.05) is 39.3 Å². The van der Waals surface area contributed by atoms with E-state index >= 15 is 0 Å². The van der Waals surface area contributed by atoms with E-state index < -0.39 is 10.5 Å². The van der Waals surface area contributed by atoms with Crippen LogP contribution in [0.15, 0.2) is 34.1 Å². The molecule has 2 aromatic rings. The number of carbonyl (C=O) groups is 1. The molecule has 1 heterocycles. The van der Waals surface area contributed by atoms with E-state index in [4.69, 9.17) is 4.74 Å². The zero-order valence-corrected chi connectivity index (χ0v) is 17.9. The molecule has 0 saturated heterocycles. The van der Waals surface area contributed by atoms with Gasteiger partial charge in [0.2, 0.25) is 0 Å². The molecule has 1 aromatic heterocycles. The van der Waals surface area contributed by atoms with E-state index in [1.165, 1.54) is 28.8 Å². The monoisotopic (exact) mass is 406 g/mol. The average molecular weight is 407 g/mol. The van der Waals surface area contributed by atoms with Gasteiger partial charge in [-0.15, -0.1) is 0 Å². The Bertz CT molecular complexity index is 856. The SMILES string of the molecule is Cc1nn(CCN(C)C(=O)OC(C)(C)C)c(C)c1Sc1ccc([N+](=O)[O-])cc1. The van der Waals surface area contributed by atoms with Crippen LogP contribution in [0.25, 0.3) is 0 Å². The molecule has 2 rings (SSSR count). The lowest BCUT2D eigenvalue weighted by atomic mass is 10.2. The number of nitrogens with zero attached hydrogens (tertiary/aromatic N) is 4. The first-order chi connectivity index (χ1) is 13.0. The number of aryl methyl sites for hydroxylation is 1. The average Bonchev–Trinajstić information content (AvgIpc) is 2.86. The summed E-state index contributed by atoms with van der Waals surface area (Å²) in [5.74, 6) is 0. The molecule has 8 nitrogen and oxygen atoms in total. The lowest BCUT2D eigenvalue weighted by Gasteiger charge is -2.24. The number of rotatable bonds is 6.